The zero-order valence-electron chi connectivity index (χ0n) is 10.8. The highest BCUT2D eigenvalue weighted by Gasteiger charge is 2.10. The third-order valence-corrected chi connectivity index (χ3v) is 2.98. The molecule has 0 radical (unpaired) electrons. The molecule has 0 saturated carbocycles. The molecule has 0 aliphatic rings. The van der Waals surface area contributed by atoms with E-state index in [0.717, 1.165) is 17.2 Å². The van der Waals surface area contributed by atoms with Crippen molar-refractivity contribution in [3.05, 3.63) is 64.7 Å². The average Bonchev–Trinajstić information content (AvgIpc) is 2.39. The van der Waals surface area contributed by atoms with Gasteiger partial charge in [0.05, 0.1) is 5.56 Å². The molecule has 2 aromatic carbocycles. The van der Waals surface area contributed by atoms with Crippen molar-refractivity contribution in [3.63, 3.8) is 0 Å². The van der Waals surface area contributed by atoms with Crippen molar-refractivity contribution in [1.82, 2.24) is 0 Å². The maximum Gasteiger partial charge on any atom is 0.338 e. The lowest BCUT2D eigenvalue weighted by atomic mass is 10.1. The molecule has 0 bridgehead atoms. The lowest BCUT2D eigenvalue weighted by Crippen LogP contribution is -2.05. The second-order valence-electron chi connectivity index (χ2n) is 4.42. The van der Waals surface area contributed by atoms with Gasteiger partial charge in [-0.2, -0.15) is 0 Å². The van der Waals surface area contributed by atoms with Gasteiger partial charge in [-0.05, 0) is 48.4 Å². The summed E-state index contributed by atoms with van der Waals surface area (Å²) >= 11 is 0. The third kappa shape index (κ3) is 3.12. The van der Waals surface area contributed by atoms with Crippen LogP contribution in [0.2, 0.25) is 0 Å². The van der Waals surface area contributed by atoms with E-state index in [9.17, 15) is 13.6 Å². The van der Waals surface area contributed by atoms with Crippen molar-refractivity contribution in [2.75, 3.05) is 5.32 Å². The number of hydrogen-bond donors (Lipinski definition) is 2. The fraction of sp³-hybridized carbons (Fsp3) is 0.133. The van der Waals surface area contributed by atoms with Crippen LogP contribution >= 0.6 is 0 Å². The number of halogens is 2. The summed E-state index contributed by atoms with van der Waals surface area (Å²) < 4.78 is 26.2. The Balaban J connectivity index is 2.15. The van der Waals surface area contributed by atoms with Crippen molar-refractivity contribution < 1.29 is 18.7 Å². The van der Waals surface area contributed by atoms with Crippen LogP contribution in [0.25, 0.3) is 0 Å². The van der Waals surface area contributed by atoms with Crippen LogP contribution in [0.3, 0.4) is 0 Å². The number of rotatable bonds is 4. The number of carboxylic acid groups (broad SMARTS) is 1. The summed E-state index contributed by atoms with van der Waals surface area (Å²) in [5, 5.41) is 11.8. The summed E-state index contributed by atoms with van der Waals surface area (Å²) in [5.41, 5.74) is 1.78. The second kappa shape index (κ2) is 5.69. The fourth-order valence-electron chi connectivity index (χ4n) is 1.85. The molecule has 5 heteroatoms. The average molecular weight is 277 g/mol. The van der Waals surface area contributed by atoms with Gasteiger partial charge in [-0.25, -0.2) is 13.6 Å². The van der Waals surface area contributed by atoms with E-state index in [1.165, 1.54) is 24.3 Å². The minimum atomic E-state index is -1.32. The smallest absolute Gasteiger partial charge is 0.338 e. The summed E-state index contributed by atoms with van der Waals surface area (Å²) in [4.78, 5) is 10.8. The van der Waals surface area contributed by atoms with E-state index in [0.29, 0.717) is 12.2 Å². The number of aryl methyl sites for hydroxylation is 1. The largest absolute Gasteiger partial charge is 0.478 e. The molecular weight excluding hydrogens is 264 g/mol. The lowest BCUT2D eigenvalue weighted by Gasteiger charge is -2.10. The van der Waals surface area contributed by atoms with Gasteiger partial charge in [0, 0.05) is 12.2 Å². The molecule has 0 fully saturated rings. The maximum atomic E-state index is 13.2. The van der Waals surface area contributed by atoms with Gasteiger partial charge in [-0.15, -0.1) is 0 Å². The van der Waals surface area contributed by atoms with E-state index < -0.39 is 11.8 Å². The molecule has 2 aromatic rings. The van der Waals surface area contributed by atoms with Gasteiger partial charge in [0.15, 0.2) is 0 Å². The van der Waals surface area contributed by atoms with Crippen LogP contribution in [0.4, 0.5) is 14.5 Å². The van der Waals surface area contributed by atoms with Crippen LogP contribution in [-0.2, 0) is 6.54 Å². The summed E-state index contributed by atoms with van der Waals surface area (Å²) in [5.74, 6) is -2.40. The van der Waals surface area contributed by atoms with Crippen LogP contribution in [0.15, 0.2) is 36.4 Å². The summed E-state index contributed by atoms with van der Waals surface area (Å²) in [6.07, 6.45) is 0. The Kier molecular flexibility index (Phi) is 3.98. The molecule has 0 aliphatic heterocycles. The van der Waals surface area contributed by atoms with Crippen LogP contribution in [0.1, 0.15) is 21.5 Å². The Hall–Kier alpha value is -2.43. The van der Waals surface area contributed by atoms with Crippen molar-refractivity contribution in [2.24, 2.45) is 0 Å². The Labute approximate surface area is 114 Å². The van der Waals surface area contributed by atoms with E-state index in [4.69, 9.17) is 5.11 Å². The molecule has 0 spiro atoms. The molecule has 2 N–H and O–H groups in total. The predicted octanol–water partition coefficient (Wildman–Crippen LogP) is 3.58. The lowest BCUT2D eigenvalue weighted by molar-refractivity contribution is 0.0692. The van der Waals surface area contributed by atoms with E-state index in [1.807, 2.05) is 0 Å². The maximum absolute atomic E-state index is 13.2. The number of benzene rings is 2. The summed E-state index contributed by atoms with van der Waals surface area (Å²) in [6.45, 7) is 2.18. The molecule has 0 saturated heterocycles. The van der Waals surface area contributed by atoms with Crippen molar-refractivity contribution >= 4 is 11.7 Å². The van der Waals surface area contributed by atoms with Gasteiger partial charge in [0.1, 0.15) is 11.6 Å². The Morgan fingerprint density at radius 1 is 1.20 bits per heavy atom. The van der Waals surface area contributed by atoms with Crippen molar-refractivity contribution in [1.29, 1.82) is 0 Å². The standard InChI is InChI=1S/C15H13F2NO2/c1-9-6-11(16)3-2-10(9)8-18-12-4-5-14(17)13(7-12)15(19)20/h2-7,18H,8H2,1H3,(H,19,20). The van der Waals surface area contributed by atoms with Crippen LogP contribution < -0.4 is 5.32 Å². The van der Waals surface area contributed by atoms with Gasteiger partial charge >= 0.3 is 5.97 Å². The van der Waals surface area contributed by atoms with E-state index >= 15 is 0 Å². The topological polar surface area (TPSA) is 49.3 Å². The number of carboxylic acids is 1. The molecule has 0 unspecified atom stereocenters. The third-order valence-electron chi connectivity index (χ3n) is 2.98. The number of nitrogens with one attached hydrogen (secondary N) is 1. The predicted molar refractivity (Wildman–Crippen MR) is 71.8 cm³/mol. The number of aromatic carboxylic acids is 1. The van der Waals surface area contributed by atoms with Gasteiger partial charge in [-0.3, -0.25) is 0 Å². The van der Waals surface area contributed by atoms with Crippen LogP contribution in [-0.4, -0.2) is 11.1 Å². The van der Waals surface area contributed by atoms with Gasteiger partial charge < -0.3 is 10.4 Å². The molecule has 0 aliphatic carbocycles. The molecule has 2 rings (SSSR count). The normalized spacial score (nSPS) is 10.3. The van der Waals surface area contributed by atoms with Gasteiger partial charge in [0.2, 0.25) is 0 Å². The number of hydrogen-bond acceptors (Lipinski definition) is 2. The monoisotopic (exact) mass is 277 g/mol. The fourth-order valence-corrected chi connectivity index (χ4v) is 1.85. The second-order valence-corrected chi connectivity index (χ2v) is 4.42. The van der Waals surface area contributed by atoms with Crippen molar-refractivity contribution in [2.45, 2.75) is 13.5 Å². The molecule has 0 atom stereocenters. The Morgan fingerprint density at radius 2 is 1.95 bits per heavy atom. The zero-order valence-corrected chi connectivity index (χ0v) is 10.8. The van der Waals surface area contributed by atoms with E-state index in [-0.39, 0.29) is 11.4 Å². The summed E-state index contributed by atoms with van der Waals surface area (Å²) in [7, 11) is 0. The number of carbonyl (C=O) groups is 1. The number of anilines is 1. The SMILES string of the molecule is Cc1cc(F)ccc1CNc1ccc(F)c(C(=O)O)c1. The van der Waals surface area contributed by atoms with Crippen LogP contribution in [0, 0.1) is 18.6 Å². The molecular formula is C15H13F2NO2. The van der Waals surface area contributed by atoms with Crippen molar-refractivity contribution in [3.8, 4) is 0 Å². The van der Waals surface area contributed by atoms with E-state index in [2.05, 4.69) is 5.32 Å². The molecule has 0 heterocycles. The first kappa shape index (κ1) is 14.0. The highest BCUT2D eigenvalue weighted by molar-refractivity contribution is 5.89. The molecule has 20 heavy (non-hydrogen) atoms. The first-order valence-electron chi connectivity index (χ1n) is 5.99. The Bertz CT molecular complexity index is 656. The summed E-state index contributed by atoms with van der Waals surface area (Å²) in [6, 6.07) is 8.22. The van der Waals surface area contributed by atoms with Crippen LogP contribution in [0.5, 0.6) is 0 Å². The minimum absolute atomic E-state index is 0.304. The Morgan fingerprint density at radius 3 is 2.60 bits per heavy atom. The molecule has 0 amide bonds. The molecule has 0 aromatic heterocycles. The zero-order chi connectivity index (χ0) is 14.7. The molecule has 104 valence electrons. The highest BCUT2D eigenvalue weighted by Crippen LogP contribution is 2.17. The quantitative estimate of drug-likeness (QED) is 0.898. The van der Waals surface area contributed by atoms with E-state index in [1.54, 1.807) is 13.0 Å². The first-order valence-corrected chi connectivity index (χ1v) is 5.99. The van der Waals surface area contributed by atoms with Gasteiger partial charge in [-0.1, -0.05) is 6.07 Å². The first-order chi connectivity index (χ1) is 9.47. The van der Waals surface area contributed by atoms with Gasteiger partial charge in [0.25, 0.3) is 0 Å². The minimum Gasteiger partial charge on any atom is -0.478 e. The molecule has 3 nitrogen and oxygen atoms in total. The highest BCUT2D eigenvalue weighted by atomic mass is 19.1.